The van der Waals surface area contributed by atoms with E-state index in [2.05, 4.69) is 10.1 Å². The van der Waals surface area contributed by atoms with Crippen LogP contribution in [-0.2, 0) is 6.54 Å². The molecule has 96 valence electrons. The number of thiophene rings is 1. The Morgan fingerprint density at radius 3 is 3.16 bits per heavy atom. The zero-order valence-electron chi connectivity index (χ0n) is 10.1. The Balaban J connectivity index is 1.69. The molecular weight excluding hydrogens is 262 g/mol. The summed E-state index contributed by atoms with van der Waals surface area (Å²) in [6.07, 6.45) is 4.06. The molecule has 0 aromatic carbocycles. The van der Waals surface area contributed by atoms with Crippen molar-refractivity contribution in [3.05, 3.63) is 45.8 Å². The summed E-state index contributed by atoms with van der Waals surface area (Å²) >= 11 is 1.57. The van der Waals surface area contributed by atoms with Gasteiger partial charge in [-0.3, -0.25) is 4.79 Å². The van der Waals surface area contributed by atoms with Crippen LogP contribution < -0.4 is 5.56 Å². The quantitative estimate of drug-likeness (QED) is 0.735. The molecule has 0 bridgehead atoms. The number of nitrogens with zero attached hydrogens (tertiary/aromatic N) is 3. The van der Waals surface area contributed by atoms with Crippen molar-refractivity contribution in [2.24, 2.45) is 0 Å². The van der Waals surface area contributed by atoms with Gasteiger partial charge in [0.25, 0.3) is 5.56 Å². The number of hydrogen-bond donors (Lipinski definition) is 0. The van der Waals surface area contributed by atoms with Gasteiger partial charge in [0.1, 0.15) is 6.54 Å². The maximum Gasteiger partial charge on any atom is 0.259 e. The van der Waals surface area contributed by atoms with E-state index >= 15 is 0 Å². The number of rotatable bonds is 3. The van der Waals surface area contributed by atoms with Gasteiger partial charge < -0.3 is 9.09 Å². The Hall–Kier alpha value is -1.95. The van der Waals surface area contributed by atoms with Crippen LogP contribution in [0, 0.1) is 0 Å². The van der Waals surface area contributed by atoms with E-state index in [1.807, 2.05) is 17.5 Å². The van der Waals surface area contributed by atoms with E-state index in [0.717, 1.165) is 28.8 Å². The molecule has 0 atom stereocenters. The molecule has 1 aliphatic rings. The molecule has 4 rings (SSSR count). The number of fused-ring (bicyclic) bond motifs is 1. The predicted octanol–water partition coefficient (Wildman–Crippen LogP) is 2.37. The fourth-order valence-corrected chi connectivity index (χ4v) is 2.89. The van der Waals surface area contributed by atoms with Crippen LogP contribution in [-0.4, -0.2) is 14.7 Å². The molecule has 3 heterocycles. The standard InChI is InChI=1S/C13H11N3O2S/c17-13-9-4-6-19-10(9)3-5-16(13)7-11-14-12(15-18-11)8-1-2-8/h3-6,8H,1-2,7H2. The van der Waals surface area contributed by atoms with Crippen molar-refractivity contribution in [3.63, 3.8) is 0 Å². The molecule has 3 aromatic rings. The van der Waals surface area contributed by atoms with Crippen molar-refractivity contribution in [1.82, 2.24) is 14.7 Å². The number of pyridine rings is 1. The molecule has 19 heavy (non-hydrogen) atoms. The van der Waals surface area contributed by atoms with Gasteiger partial charge in [0, 0.05) is 16.8 Å². The fourth-order valence-electron chi connectivity index (χ4n) is 2.12. The molecule has 1 saturated carbocycles. The van der Waals surface area contributed by atoms with Crippen LogP contribution in [0.4, 0.5) is 0 Å². The van der Waals surface area contributed by atoms with Gasteiger partial charge in [-0.2, -0.15) is 4.98 Å². The highest BCUT2D eigenvalue weighted by atomic mass is 32.1. The maximum atomic E-state index is 12.2. The van der Waals surface area contributed by atoms with E-state index in [1.165, 1.54) is 0 Å². The Bertz CT molecular complexity index is 797. The Kier molecular flexibility index (Phi) is 2.32. The third kappa shape index (κ3) is 1.88. The zero-order valence-corrected chi connectivity index (χ0v) is 10.9. The number of hydrogen-bond acceptors (Lipinski definition) is 5. The van der Waals surface area contributed by atoms with Gasteiger partial charge in [0.2, 0.25) is 5.89 Å². The SMILES string of the molecule is O=c1c2ccsc2ccn1Cc1nc(C2CC2)no1. The average molecular weight is 273 g/mol. The van der Waals surface area contributed by atoms with Gasteiger partial charge in [-0.15, -0.1) is 11.3 Å². The third-order valence-corrected chi connectivity index (χ3v) is 4.21. The molecule has 0 unspecified atom stereocenters. The molecule has 0 N–H and O–H groups in total. The molecule has 1 aliphatic carbocycles. The summed E-state index contributed by atoms with van der Waals surface area (Å²) in [5, 5.41) is 6.63. The predicted molar refractivity (Wildman–Crippen MR) is 71.5 cm³/mol. The van der Waals surface area contributed by atoms with Gasteiger partial charge >= 0.3 is 0 Å². The van der Waals surface area contributed by atoms with Crippen LogP contribution in [0.3, 0.4) is 0 Å². The van der Waals surface area contributed by atoms with Crippen LogP contribution in [0.1, 0.15) is 30.5 Å². The van der Waals surface area contributed by atoms with Crippen molar-refractivity contribution in [1.29, 1.82) is 0 Å². The van der Waals surface area contributed by atoms with Gasteiger partial charge in [0.15, 0.2) is 5.82 Å². The zero-order chi connectivity index (χ0) is 12.8. The van der Waals surface area contributed by atoms with E-state index in [4.69, 9.17) is 4.52 Å². The largest absolute Gasteiger partial charge is 0.337 e. The summed E-state index contributed by atoms with van der Waals surface area (Å²) in [6, 6.07) is 3.79. The summed E-state index contributed by atoms with van der Waals surface area (Å²) in [6.45, 7) is 0.338. The van der Waals surface area contributed by atoms with Crippen LogP contribution in [0.2, 0.25) is 0 Å². The molecule has 3 aromatic heterocycles. The minimum Gasteiger partial charge on any atom is -0.337 e. The Labute approximate surface area is 112 Å². The van der Waals surface area contributed by atoms with Crippen LogP contribution in [0.15, 0.2) is 33.0 Å². The van der Waals surface area contributed by atoms with Crippen molar-refractivity contribution in [3.8, 4) is 0 Å². The highest BCUT2D eigenvalue weighted by Crippen LogP contribution is 2.38. The van der Waals surface area contributed by atoms with Gasteiger partial charge in [-0.05, 0) is 30.4 Å². The second kappa shape index (κ2) is 4.03. The molecule has 6 heteroatoms. The topological polar surface area (TPSA) is 60.9 Å². The van der Waals surface area contributed by atoms with Gasteiger partial charge in [-0.1, -0.05) is 5.16 Å². The molecule has 0 radical (unpaired) electrons. The molecule has 5 nitrogen and oxygen atoms in total. The first-order valence-corrected chi connectivity index (χ1v) is 7.08. The molecule has 1 fully saturated rings. The Morgan fingerprint density at radius 1 is 1.42 bits per heavy atom. The van der Waals surface area contributed by atoms with E-state index in [-0.39, 0.29) is 5.56 Å². The highest BCUT2D eigenvalue weighted by Gasteiger charge is 2.28. The molecular formula is C13H11N3O2S. The van der Waals surface area contributed by atoms with E-state index < -0.39 is 0 Å². The van der Waals surface area contributed by atoms with Crippen molar-refractivity contribution in [2.75, 3.05) is 0 Å². The lowest BCUT2D eigenvalue weighted by Crippen LogP contribution is -2.19. The number of aromatic nitrogens is 3. The molecule has 0 saturated heterocycles. The van der Waals surface area contributed by atoms with E-state index in [0.29, 0.717) is 18.4 Å². The van der Waals surface area contributed by atoms with Crippen molar-refractivity contribution >= 4 is 21.4 Å². The lowest BCUT2D eigenvalue weighted by atomic mass is 10.3. The maximum absolute atomic E-state index is 12.2. The van der Waals surface area contributed by atoms with Gasteiger partial charge in [-0.25, -0.2) is 0 Å². The first-order valence-electron chi connectivity index (χ1n) is 6.20. The van der Waals surface area contributed by atoms with Crippen LogP contribution in [0.5, 0.6) is 0 Å². The second-order valence-electron chi connectivity index (χ2n) is 4.77. The normalized spacial score (nSPS) is 15.2. The van der Waals surface area contributed by atoms with E-state index in [1.54, 1.807) is 22.1 Å². The lowest BCUT2D eigenvalue weighted by molar-refractivity contribution is 0.365. The van der Waals surface area contributed by atoms with Crippen molar-refractivity contribution in [2.45, 2.75) is 25.3 Å². The van der Waals surface area contributed by atoms with E-state index in [9.17, 15) is 4.79 Å². The molecule has 0 amide bonds. The summed E-state index contributed by atoms with van der Waals surface area (Å²) in [4.78, 5) is 16.6. The second-order valence-corrected chi connectivity index (χ2v) is 5.72. The van der Waals surface area contributed by atoms with Crippen LogP contribution >= 0.6 is 11.3 Å². The van der Waals surface area contributed by atoms with Crippen LogP contribution in [0.25, 0.3) is 10.1 Å². The minimum atomic E-state index is -0.00933. The highest BCUT2D eigenvalue weighted by molar-refractivity contribution is 7.17. The first kappa shape index (κ1) is 10.9. The summed E-state index contributed by atoms with van der Waals surface area (Å²) in [5.74, 6) is 1.74. The third-order valence-electron chi connectivity index (χ3n) is 3.32. The summed E-state index contributed by atoms with van der Waals surface area (Å²) in [7, 11) is 0. The minimum absolute atomic E-state index is 0.00933. The average Bonchev–Trinajstić information content (AvgIpc) is 2.98. The lowest BCUT2D eigenvalue weighted by Gasteiger charge is -2.01. The Morgan fingerprint density at radius 2 is 2.32 bits per heavy atom. The molecule has 0 aliphatic heterocycles. The first-order chi connectivity index (χ1) is 9.31. The fraction of sp³-hybridized carbons (Fsp3) is 0.308. The summed E-state index contributed by atoms with van der Waals surface area (Å²) < 4.78 is 7.82. The smallest absolute Gasteiger partial charge is 0.259 e. The van der Waals surface area contributed by atoms with Crippen molar-refractivity contribution < 1.29 is 4.52 Å². The summed E-state index contributed by atoms with van der Waals surface area (Å²) in [5.41, 5.74) is -0.00933. The molecule has 0 spiro atoms. The monoisotopic (exact) mass is 273 g/mol. The van der Waals surface area contributed by atoms with Gasteiger partial charge in [0.05, 0.1) is 5.39 Å².